The maximum absolute atomic E-state index is 12.4. The number of aromatic nitrogens is 4. The van der Waals surface area contributed by atoms with Crippen LogP contribution in [-0.2, 0) is 20.6 Å². The molecule has 2 aromatic rings. The van der Waals surface area contributed by atoms with E-state index in [2.05, 4.69) is 4.98 Å². The summed E-state index contributed by atoms with van der Waals surface area (Å²) in [7, 11) is 3.05. The molecule has 2 N–H and O–H groups in total. The number of quaternary nitrogens is 1. The van der Waals surface area contributed by atoms with Crippen molar-refractivity contribution < 1.29 is 10.0 Å². The molecule has 0 spiro atoms. The highest BCUT2D eigenvalue weighted by atomic mass is 16.3. The molecule has 8 heteroatoms. The number of aliphatic hydroxyl groups is 1. The highest BCUT2D eigenvalue weighted by molar-refractivity contribution is 5.69. The average molecular weight is 322 g/mol. The van der Waals surface area contributed by atoms with E-state index in [1.807, 2.05) is 0 Å². The van der Waals surface area contributed by atoms with E-state index in [1.165, 1.54) is 42.1 Å². The largest absolute Gasteiger partial charge is 0.385 e. The van der Waals surface area contributed by atoms with Crippen LogP contribution in [0.4, 0.5) is 0 Å². The molecule has 2 aromatic heterocycles. The third-order valence-corrected chi connectivity index (χ3v) is 4.71. The van der Waals surface area contributed by atoms with Crippen molar-refractivity contribution in [1.82, 2.24) is 18.7 Å². The SMILES string of the molecule is Cn1c(=O)c2c(ncn2CC(O)C[NH+]2CCCCC2)n(C)c1=O. The Hall–Kier alpha value is -1.93. The zero-order chi connectivity index (χ0) is 16.6. The van der Waals surface area contributed by atoms with E-state index in [9.17, 15) is 14.7 Å². The van der Waals surface area contributed by atoms with Gasteiger partial charge < -0.3 is 14.6 Å². The Morgan fingerprint density at radius 3 is 2.61 bits per heavy atom. The van der Waals surface area contributed by atoms with Crippen molar-refractivity contribution in [1.29, 1.82) is 0 Å². The number of likely N-dealkylation sites (tertiary alicyclic amines) is 1. The second-order valence-corrected chi connectivity index (χ2v) is 6.44. The Bertz CT molecular complexity index is 813. The molecular weight excluding hydrogens is 298 g/mol. The second-order valence-electron chi connectivity index (χ2n) is 6.44. The number of fused-ring (bicyclic) bond motifs is 1. The number of nitrogens with zero attached hydrogens (tertiary/aromatic N) is 4. The maximum atomic E-state index is 12.4. The van der Waals surface area contributed by atoms with Crippen molar-refractivity contribution in [2.24, 2.45) is 14.1 Å². The van der Waals surface area contributed by atoms with Crippen molar-refractivity contribution in [3.8, 4) is 0 Å². The van der Waals surface area contributed by atoms with Crippen LogP contribution in [-0.4, -0.2) is 49.5 Å². The number of rotatable bonds is 4. The predicted octanol–water partition coefficient (Wildman–Crippen LogP) is -2.14. The number of nitrogens with one attached hydrogen (secondary N) is 1. The Kier molecular flexibility index (Phi) is 4.36. The smallest absolute Gasteiger partial charge is 0.332 e. The molecule has 0 aromatic carbocycles. The van der Waals surface area contributed by atoms with E-state index < -0.39 is 11.8 Å². The monoisotopic (exact) mass is 322 g/mol. The molecular formula is C15H24N5O3+. The third kappa shape index (κ3) is 2.96. The summed E-state index contributed by atoms with van der Waals surface area (Å²) in [4.78, 5) is 29.9. The van der Waals surface area contributed by atoms with Gasteiger partial charge in [-0.2, -0.15) is 0 Å². The fourth-order valence-corrected chi connectivity index (χ4v) is 3.42. The van der Waals surface area contributed by atoms with Gasteiger partial charge in [0.25, 0.3) is 5.56 Å². The van der Waals surface area contributed by atoms with Crippen LogP contribution >= 0.6 is 0 Å². The molecule has 8 nitrogen and oxygen atoms in total. The first-order valence-corrected chi connectivity index (χ1v) is 8.11. The average Bonchev–Trinajstić information content (AvgIpc) is 2.95. The summed E-state index contributed by atoms with van der Waals surface area (Å²) >= 11 is 0. The summed E-state index contributed by atoms with van der Waals surface area (Å²) in [5.74, 6) is 0. The van der Waals surface area contributed by atoms with Gasteiger partial charge in [0.1, 0.15) is 12.6 Å². The lowest BCUT2D eigenvalue weighted by molar-refractivity contribution is -0.908. The first kappa shape index (κ1) is 15.9. The van der Waals surface area contributed by atoms with Crippen LogP contribution in [0, 0.1) is 0 Å². The number of imidazole rings is 1. The molecule has 3 heterocycles. The molecule has 23 heavy (non-hydrogen) atoms. The van der Waals surface area contributed by atoms with Gasteiger partial charge in [0.05, 0.1) is 26.0 Å². The van der Waals surface area contributed by atoms with E-state index in [-0.39, 0.29) is 5.56 Å². The molecule has 0 saturated carbocycles. The zero-order valence-electron chi connectivity index (χ0n) is 13.7. The minimum absolute atomic E-state index is 0.313. The van der Waals surface area contributed by atoms with Crippen LogP contribution in [0.25, 0.3) is 11.2 Å². The van der Waals surface area contributed by atoms with E-state index in [1.54, 1.807) is 11.6 Å². The van der Waals surface area contributed by atoms with Crippen LogP contribution in [0.15, 0.2) is 15.9 Å². The summed E-state index contributed by atoms with van der Waals surface area (Å²) in [5.41, 5.74) is -0.0536. The normalized spacial score (nSPS) is 17.7. The van der Waals surface area contributed by atoms with Crippen LogP contribution < -0.4 is 16.1 Å². The Morgan fingerprint density at radius 2 is 1.91 bits per heavy atom. The van der Waals surface area contributed by atoms with Crippen LogP contribution in [0.3, 0.4) is 0 Å². The molecule has 0 amide bonds. The number of aryl methyl sites for hydroxylation is 1. The van der Waals surface area contributed by atoms with Gasteiger partial charge in [0, 0.05) is 14.1 Å². The van der Waals surface area contributed by atoms with Crippen molar-refractivity contribution in [2.75, 3.05) is 19.6 Å². The van der Waals surface area contributed by atoms with Gasteiger partial charge >= 0.3 is 5.69 Å². The molecule has 126 valence electrons. The summed E-state index contributed by atoms with van der Waals surface area (Å²) in [6.07, 6.45) is 4.68. The molecule has 1 fully saturated rings. The molecule has 1 aliphatic rings. The van der Waals surface area contributed by atoms with E-state index in [0.717, 1.165) is 17.7 Å². The van der Waals surface area contributed by atoms with Gasteiger partial charge in [0.2, 0.25) is 0 Å². The molecule has 1 saturated heterocycles. The number of hydrogen-bond donors (Lipinski definition) is 2. The van der Waals surface area contributed by atoms with Gasteiger partial charge in [-0.3, -0.25) is 13.9 Å². The van der Waals surface area contributed by atoms with E-state index in [0.29, 0.717) is 24.3 Å². The van der Waals surface area contributed by atoms with Crippen molar-refractivity contribution in [3.05, 3.63) is 27.2 Å². The van der Waals surface area contributed by atoms with Gasteiger partial charge in [-0.15, -0.1) is 0 Å². The van der Waals surface area contributed by atoms with Crippen LogP contribution in [0.2, 0.25) is 0 Å². The highest BCUT2D eigenvalue weighted by Crippen LogP contribution is 2.06. The molecule has 1 atom stereocenters. The summed E-state index contributed by atoms with van der Waals surface area (Å²) in [6.45, 7) is 3.18. The lowest BCUT2D eigenvalue weighted by Crippen LogP contribution is -3.13. The quantitative estimate of drug-likeness (QED) is 0.673. The Labute approximate surface area is 133 Å². The lowest BCUT2D eigenvalue weighted by Gasteiger charge is -2.25. The van der Waals surface area contributed by atoms with Crippen molar-refractivity contribution >= 4 is 11.2 Å². The molecule has 0 radical (unpaired) electrons. The number of piperidine rings is 1. The van der Waals surface area contributed by atoms with Crippen molar-refractivity contribution in [3.63, 3.8) is 0 Å². The second kappa shape index (κ2) is 6.29. The van der Waals surface area contributed by atoms with Crippen LogP contribution in [0.1, 0.15) is 19.3 Å². The maximum Gasteiger partial charge on any atom is 0.332 e. The molecule has 0 bridgehead atoms. The van der Waals surface area contributed by atoms with Gasteiger partial charge in [0.15, 0.2) is 11.2 Å². The number of aliphatic hydroxyl groups excluding tert-OH is 1. The third-order valence-electron chi connectivity index (χ3n) is 4.71. The van der Waals surface area contributed by atoms with Gasteiger partial charge in [-0.25, -0.2) is 9.78 Å². The van der Waals surface area contributed by atoms with Gasteiger partial charge in [-0.05, 0) is 19.3 Å². The fourth-order valence-electron chi connectivity index (χ4n) is 3.42. The summed E-state index contributed by atoms with van der Waals surface area (Å²) in [5, 5.41) is 10.4. The lowest BCUT2D eigenvalue weighted by atomic mass is 10.1. The molecule has 0 aliphatic carbocycles. The molecule has 3 rings (SSSR count). The molecule has 1 aliphatic heterocycles. The zero-order valence-corrected chi connectivity index (χ0v) is 13.7. The topological polar surface area (TPSA) is 86.5 Å². The predicted molar refractivity (Wildman–Crippen MR) is 85.6 cm³/mol. The minimum Gasteiger partial charge on any atom is -0.385 e. The fraction of sp³-hybridized carbons (Fsp3) is 0.667. The highest BCUT2D eigenvalue weighted by Gasteiger charge is 2.20. The van der Waals surface area contributed by atoms with Crippen LogP contribution in [0.5, 0.6) is 0 Å². The summed E-state index contributed by atoms with van der Waals surface area (Å²) in [6, 6.07) is 0. The first-order valence-electron chi connectivity index (χ1n) is 8.11. The molecule has 1 unspecified atom stereocenters. The minimum atomic E-state index is -0.539. The standard InChI is InChI=1S/C15H23N5O3/c1-17-13-12(14(22)18(2)15(17)23)20(10-16-13)9-11(21)8-19-6-4-3-5-7-19/h10-11,21H,3-9H2,1-2H3/p+1. The van der Waals surface area contributed by atoms with E-state index >= 15 is 0 Å². The van der Waals surface area contributed by atoms with Crippen molar-refractivity contribution in [2.45, 2.75) is 31.9 Å². The van der Waals surface area contributed by atoms with E-state index in [4.69, 9.17) is 0 Å². The summed E-state index contributed by atoms with van der Waals surface area (Å²) < 4.78 is 4.09. The van der Waals surface area contributed by atoms with Gasteiger partial charge in [-0.1, -0.05) is 0 Å². The first-order chi connectivity index (χ1) is 11.0. The Morgan fingerprint density at radius 1 is 1.22 bits per heavy atom. The Balaban J connectivity index is 1.86. The number of hydrogen-bond acceptors (Lipinski definition) is 4.